The monoisotopic (exact) mass is 422 g/mol. The Labute approximate surface area is 165 Å². The van der Waals surface area contributed by atoms with Crippen LogP contribution in [-0.2, 0) is 26.2 Å². The molecule has 3 rings (SSSR count). The van der Waals surface area contributed by atoms with Gasteiger partial charge in [-0.2, -0.15) is 0 Å². The molecule has 3 aromatic rings. The van der Waals surface area contributed by atoms with Gasteiger partial charge in [-0.25, -0.2) is 26.9 Å². The van der Waals surface area contributed by atoms with Crippen molar-refractivity contribution in [1.82, 2.24) is 9.71 Å². The molecule has 7 nitrogen and oxygen atoms in total. The summed E-state index contributed by atoms with van der Waals surface area (Å²) in [5, 5.41) is 0. The zero-order chi connectivity index (χ0) is 20.9. The number of halogens is 2. The summed E-state index contributed by atoms with van der Waals surface area (Å²) in [6.45, 7) is -0.512. The minimum Gasteiger partial charge on any atom is -0.456 e. The molecule has 2 aromatic carbocycles. The third kappa shape index (κ3) is 5.46. The third-order valence-corrected chi connectivity index (χ3v) is 5.28. The predicted octanol–water partition coefficient (Wildman–Crippen LogP) is 3.03. The second-order valence-corrected chi connectivity index (χ2v) is 7.60. The Morgan fingerprint density at radius 3 is 2.55 bits per heavy atom. The van der Waals surface area contributed by atoms with Crippen LogP contribution in [-0.4, -0.2) is 25.9 Å². The number of esters is 1. The zero-order valence-corrected chi connectivity index (χ0v) is 15.8. The van der Waals surface area contributed by atoms with Crippen molar-refractivity contribution in [3.05, 3.63) is 72.3 Å². The number of hydrogen-bond donors (Lipinski definition) is 1. The summed E-state index contributed by atoms with van der Waals surface area (Å²) in [7, 11) is -4.07. The van der Waals surface area contributed by atoms with E-state index in [1.165, 1.54) is 42.6 Å². The SMILES string of the molecule is O=C(CCNS(=O)(=O)c1ccccc1F)OCc1ncc(-c2ccc(F)cc2)o1. The quantitative estimate of drug-likeness (QED) is 0.561. The van der Waals surface area contributed by atoms with Crippen LogP contribution in [0.4, 0.5) is 8.78 Å². The van der Waals surface area contributed by atoms with Gasteiger partial charge in [0, 0.05) is 12.1 Å². The number of carbonyl (C=O) groups is 1. The number of aromatic nitrogens is 1. The number of benzene rings is 2. The van der Waals surface area contributed by atoms with Gasteiger partial charge in [0.25, 0.3) is 0 Å². The minimum absolute atomic E-state index is 0.129. The summed E-state index contributed by atoms with van der Waals surface area (Å²) in [4.78, 5) is 15.2. The van der Waals surface area contributed by atoms with Gasteiger partial charge >= 0.3 is 5.97 Å². The molecule has 0 aliphatic heterocycles. The van der Waals surface area contributed by atoms with Gasteiger partial charge in [-0.15, -0.1) is 0 Å². The molecule has 1 aromatic heterocycles. The highest BCUT2D eigenvalue weighted by Crippen LogP contribution is 2.21. The smallest absolute Gasteiger partial charge is 0.307 e. The Morgan fingerprint density at radius 2 is 1.83 bits per heavy atom. The molecule has 0 amide bonds. The van der Waals surface area contributed by atoms with Crippen LogP contribution in [0.15, 0.2) is 64.0 Å². The van der Waals surface area contributed by atoms with Crippen molar-refractivity contribution in [2.75, 3.05) is 6.54 Å². The van der Waals surface area contributed by atoms with Crippen LogP contribution >= 0.6 is 0 Å². The van der Waals surface area contributed by atoms with Gasteiger partial charge in [-0.3, -0.25) is 4.79 Å². The predicted molar refractivity (Wildman–Crippen MR) is 97.9 cm³/mol. The maximum Gasteiger partial charge on any atom is 0.307 e. The number of hydrogen-bond acceptors (Lipinski definition) is 6. The first-order valence-corrected chi connectivity index (χ1v) is 9.94. The molecule has 0 aliphatic rings. The molecule has 0 unspecified atom stereocenters. The average Bonchev–Trinajstić information content (AvgIpc) is 3.16. The third-order valence-electron chi connectivity index (χ3n) is 3.79. The molecule has 29 heavy (non-hydrogen) atoms. The number of rotatable bonds is 8. The van der Waals surface area contributed by atoms with Gasteiger partial charge < -0.3 is 9.15 Å². The first-order chi connectivity index (χ1) is 13.8. The standard InChI is InChI=1S/C19H16F2N2O5S/c20-14-7-5-13(6-8-14)16-11-22-18(28-16)12-27-19(24)9-10-23-29(25,26)17-4-2-1-3-15(17)21/h1-8,11,23H,9-10,12H2. The maximum atomic E-state index is 13.6. The normalized spacial score (nSPS) is 11.4. The lowest BCUT2D eigenvalue weighted by molar-refractivity contribution is -0.145. The zero-order valence-electron chi connectivity index (χ0n) is 15.0. The van der Waals surface area contributed by atoms with Crippen molar-refractivity contribution < 1.29 is 31.1 Å². The van der Waals surface area contributed by atoms with Gasteiger partial charge in [0.2, 0.25) is 15.9 Å². The van der Waals surface area contributed by atoms with Crippen LogP contribution in [0.5, 0.6) is 0 Å². The number of sulfonamides is 1. The Bertz CT molecular complexity index is 1100. The Morgan fingerprint density at radius 1 is 1.10 bits per heavy atom. The summed E-state index contributed by atoms with van der Waals surface area (Å²) in [5.74, 6) is -1.45. The van der Waals surface area contributed by atoms with E-state index in [4.69, 9.17) is 9.15 Å². The summed E-state index contributed by atoms with van der Waals surface area (Å²) in [6.07, 6.45) is 1.15. The van der Waals surface area contributed by atoms with Crippen molar-refractivity contribution in [3.63, 3.8) is 0 Å². The van der Waals surface area contributed by atoms with E-state index in [1.54, 1.807) is 0 Å². The Kier molecular flexibility index (Phi) is 6.35. The first kappa shape index (κ1) is 20.6. The summed E-state index contributed by atoms with van der Waals surface area (Å²) >= 11 is 0. The molecule has 0 saturated heterocycles. The van der Waals surface area contributed by atoms with E-state index in [9.17, 15) is 22.0 Å². The molecule has 0 saturated carbocycles. The Balaban J connectivity index is 1.47. The molecule has 0 radical (unpaired) electrons. The summed E-state index contributed by atoms with van der Waals surface area (Å²) < 4.78 is 63.1. The van der Waals surface area contributed by atoms with Crippen LogP contribution in [0, 0.1) is 11.6 Å². The fraction of sp³-hybridized carbons (Fsp3) is 0.158. The topological polar surface area (TPSA) is 98.5 Å². The molecule has 0 atom stereocenters. The van der Waals surface area contributed by atoms with Crippen LogP contribution in [0.1, 0.15) is 12.3 Å². The number of ether oxygens (including phenoxy) is 1. The van der Waals surface area contributed by atoms with Crippen molar-refractivity contribution in [2.45, 2.75) is 17.9 Å². The second kappa shape index (κ2) is 8.93. The highest BCUT2D eigenvalue weighted by atomic mass is 32.2. The van der Waals surface area contributed by atoms with Crippen LogP contribution in [0.3, 0.4) is 0 Å². The van der Waals surface area contributed by atoms with Crippen molar-refractivity contribution >= 4 is 16.0 Å². The number of nitrogens with zero attached hydrogens (tertiary/aromatic N) is 1. The van der Waals surface area contributed by atoms with E-state index >= 15 is 0 Å². The molecule has 10 heteroatoms. The number of carbonyl (C=O) groups excluding carboxylic acids is 1. The van der Waals surface area contributed by atoms with Gasteiger partial charge in [0.15, 0.2) is 12.4 Å². The lowest BCUT2D eigenvalue weighted by Crippen LogP contribution is -2.27. The van der Waals surface area contributed by atoms with Gasteiger partial charge in [-0.1, -0.05) is 12.1 Å². The second-order valence-electron chi connectivity index (χ2n) is 5.86. The van der Waals surface area contributed by atoms with Gasteiger partial charge in [0.05, 0.1) is 12.6 Å². The highest BCUT2D eigenvalue weighted by molar-refractivity contribution is 7.89. The summed E-state index contributed by atoms with van der Waals surface area (Å²) in [5.41, 5.74) is 0.610. The molecule has 1 heterocycles. The van der Waals surface area contributed by atoms with Crippen LogP contribution < -0.4 is 4.72 Å². The molecule has 0 fully saturated rings. The van der Waals surface area contributed by atoms with Crippen LogP contribution in [0.2, 0.25) is 0 Å². The van der Waals surface area contributed by atoms with E-state index in [1.807, 2.05) is 0 Å². The Hall–Kier alpha value is -3.11. The molecule has 152 valence electrons. The fourth-order valence-electron chi connectivity index (χ4n) is 2.37. The van der Waals surface area contributed by atoms with E-state index in [0.29, 0.717) is 11.3 Å². The molecular formula is C19H16F2N2O5S. The highest BCUT2D eigenvalue weighted by Gasteiger charge is 2.18. The van der Waals surface area contributed by atoms with Crippen molar-refractivity contribution in [1.29, 1.82) is 0 Å². The lowest BCUT2D eigenvalue weighted by Gasteiger charge is -2.07. The van der Waals surface area contributed by atoms with Gasteiger partial charge in [-0.05, 0) is 36.4 Å². The lowest BCUT2D eigenvalue weighted by atomic mass is 10.2. The minimum atomic E-state index is -4.07. The largest absolute Gasteiger partial charge is 0.456 e. The van der Waals surface area contributed by atoms with E-state index in [-0.39, 0.29) is 31.3 Å². The number of nitrogens with one attached hydrogen (secondary N) is 1. The molecule has 0 bridgehead atoms. The van der Waals surface area contributed by atoms with Crippen molar-refractivity contribution in [3.8, 4) is 11.3 Å². The molecule has 0 aliphatic carbocycles. The summed E-state index contributed by atoms with van der Waals surface area (Å²) in [6, 6.07) is 10.5. The molecular weight excluding hydrogens is 406 g/mol. The van der Waals surface area contributed by atoms with E-state index in [0.717, 1.165) is 12.1 Å². The maximum absolute atomic E-state index is 13.6. The van der Waals surface area contributed by atoms with E-state index in [2.05, 4.69) is 9.71 Å². The van der Waals surface area contributed by atoms with Crippen molar-refractivity contribution in [2.24, 2.45) is 0 Å². The van der Waals surface area contributed by atoms with Crippen LogP contribution in [0.25, 0.3) is 11.3 Å². The molecule has 1 N–H and O–H groups in total. The average molecular weight is 422 g/mol. The number of oxazole rings is 1. The van der Waals surface area contributed by atoms with E-state index < -0.39 is 26.7 Å². The van der Waals surface area contributed by atoms with Gasteiger partial charge in [0.1, 0.15) is 16.5 Å². The fourth-order valence-corrected chi connectivity index (χ4v) is 3.48. The molecule has 0 spiro atoms. The first-order valence-electron chi connectivity index (χ1n) is 8.45.